The molecule has 2 saturated carbocycles. The van der Waals surface area contributed by atoms with E-state index in [2.05, 4.69) is 10.3 Å². The van der Waals surface area contributed by atoms with E-state index in [4.69, 9.17) is 10.5 Å². The van der Waals surface area contributed by atoms with Crippen LogP contribution >= 0.6 is 0 Å². The molecule has 0 radical (unpaired) electrons. The molecule has 1 aromatic carbocycles. The van der Waals surface area contributed by atoms with Crippen LogP contribution in [0.25, 0.3) is 0 Å². The summed E-state index contributed by atoms with van der Waals surface area (Å²) in [5, 5.41) is 3.14. The van der Waals surface area contributed by atoms with Gasteiger partial charge in [0.1, 0.15) is 5.75 Å². The van der Waals surface area contributed by atoms with E-state index in [9.17, 15) is 0 Å². The molecule has 2 bridgehead atoms. The second-order valence-electron chi connectivity index (χ2n) is 6.20. The van der Waals surface area contributed by atoms with Crippen LogP contribution < -0.4 is 15.8 Å². The second kappa shape index (κ2) is 5.35. The van der Waals surface area contributed by atoms with Crippen LogP contribution in [0.4, 0.5) is 5.69 Å². The second-order valence-corrected chi connectivity index (χ2v) is 6.20. The molecular formula is C16H23N3O. The fourth-order valence-electron chi connectivity index (χ4n) is 3.65. The highest BCUT2D eigenvalue weighted by Gasteiger charge is 2.44. The van der Waals surface area contributed by atoms with Gasteiger partial charge in [-0.25, -0.2) is 0 Å². The lowest BCUT2D eigenvalue weighted by Crippen LogP contribution is -2.26. The Morgan fingerprint density at radius 2 is 2.05 bits per heavy atom. The molecule has 2 aliphatic rings. The zero-order chi connectivity index (χ0) is 14.0. The van der Waals surface area contributed by atoms with Crippen LogP contribution in [0.1, 0.15) is 32.1 Å². The minimum atomic E-state index is 0.455. The van der Waals surface area contributed by atoms with Crippen molar-refractivity contribution in [2.75, 3.05) is 19.0 Å². The number of rotatable bonds is 4. The van der Waals surface area contributed by atoms with Crippen molar-refractivity contribution in [3.05, 3.63) is 24.3 Å². The molecule has 0 aromatic heterocycles. The summed E-state index contributed by atoms with van der Waals surface area (Å²) >= 11 is 0. The van der Waals surface area contributed by atoms with E-state index in [0.717, 1.165) is 23.9 Å². The first kappa shape index (κ1) is 13.3. The molecule has 0 heterocycles. The molecule has 3 N–H and O–H groups in total. The lowest BCUT2D eigenvalue weighted by Gasteiger charge is -2.24. The van der Waals surface area contributed by atoms with Crippen LogP contribution in [0, 0.1) is 11.3 Å². The number of ether oxygens (including phenoxy) is 1. The van der Waals surface area contributed by atoms with Crippen LogP contribution in [0.15, 0.2) is 29.3 Å². The number of nitrogens with one attached hydrogen (secondary N) is 1. The molecule has 0 unspecified atom stereocenters. The number of aliphatic imine (C=N–C) groups is 1. The Morgan fingerprint density at radius 3 is 2.60 bits per heavy atom. The van der Waals surface area contributed by atoms with Crippen molar-refractivity contribution in [1.82, 2.24) is 0 Å². The number of methoxy groups -OCH3 is 1. The van der Waals surface area contributed by atoms with Gasteiger partial charge in [-0.1, -0.05) is 0 Å². The van der Waals surface area contributed by atoms with E-state index in [1.807, 2.05) is 24.3 Å². The molecule has 3 rings (SSSR count). The van der Waals surface area contributed by atoms with Gasteiger partial charge in [0, 0.05) is 12.2 Å². The third kappa shape index (κ3) is 2.74. The number of hydrogen-bond donors (Lipinski definition) is 2. The fraction of sp³-hybridized carbons (Fsp3) is 0.562. The monoisotopic (exact) mass is 273 g/mol. The SMILES string of the molecule is COc1ccc(NC(N)=NCC23CCC(CC2)C3)cc1. The number of hydrogen-bond acceptors (Lipinski definition) is 2. The Balaban J connectivity index is 1.58. The number of nitrogens with zero attached hydrogens (tertiary/aromatic N) is 1. The van der Waals surface area contributed by atoms with Gasteiger partial charge in [-0.15, -0.1) is 0 Å². The molecule has 20 heavy (non-hydrogen) atoms. The lowest BCUT2D eigenvalue weighted by atomic mass is 9.84. The largest absolute Gasteiger partial charge is 0.497 e. The molecule has 4 heteroatoms. The predicted molar refractivity (Wildman–Crippen MR) is 82.1 cm³/mol. The highest BCUT2D eigenvalue weighted by molar-refractivity contribution is 5.92. The zero-order valence-corrected chi connectivity index (χ0v) is 12.1. The van der Waals surface area contributed by atoms with Gasteiger partial charge in [0.15, 0.2) is 5.96 Å². The highest BCUT2D eigenvalue weighted by Crippen LogP contribution is 2.54. The van der Waals surface area contributed by atoms with E-state index < -0.39 is 0 Å². The molecule has 0 atom stereocenters. The molecule has 2 aliphatic carbocycles. The van der Waals surface area contributed by atoms with E-state index in [-0.39, 0.29) is 0 Å². The summed E-state index contributed by atoms with van der Waals surface area (Å²) in [6.45, 7) is 0.874. The molecule has 0 spiro atoms. The first-order valence-electron chi connectivity index (χ1n) is 7.40. The van der Waals surface area contributed by atoms with Gasteiger partial charge < -0.3 is 15.8 Å². The van der Waals surface area contributed by atoms with Crippen molar-refractivity contribution in [3.8, 4) is 5.75 Å². The highest BCUT2D eigenvalue weighted by atomic mass is 16.5. The van der Waals surface area contributed by atoms with Gasteiger partial charge in [0.25, 0.3) is 0 Å². The third-order valence-corrected chi connectivity index (χ3v) is 4.83. The van der Waals surface area contributed by atoms with Crippen LogP contribution in [0.5, 0.6) is 5.75 Å². The summed E-state index contributed by atoms with van der Waals surface area (Å²) in [4.78, 5) is 4.57. The Labute approximate surface area is 120 Å². The van der Waals surface area contributed by atoms with Gasteiger partial charge in [-0.3, -0.25) is 4.99 Å². The summed E-state index contributed by atoms with van der Waals surface area (Å²) < 4.78 is 5.13. The van der Waals surface area contributed by atoms with Crippen LogP contribution in [-0.4, -0.2) is 19.6 Å². The van der Waals surface area contributed by atoms with Crippen molar-refractivity contribution in [1.29, 1.82) is 0 Å². The van der Waals surface area contributed by atoms with Crippen molar-refractivity contribution in [2.24, 2.45) is 22.1 Å². The summed E-state index contributed by atoms with van der Waals surface area (Å²) in [5.41, 5.74) is 7.39. The Bertz CT molecular complexity index is 487. The number of benzene rings is 1. The lowest BCUT2D eigenvalue weighted by molar-refractivity contribution is 0.307. The molecular weight excluding hydrogens is 250 g/mol. The average molecular weight is 273 g/mol. The molecule has 4 nitrogen and oxygen atoms in total. The van der Waals surface area contributed by atoms with Crippen molar-refractivity contribution >= 4 is 11.6 Å². The van der Waals surface area contributed by atoms with Crippen molar-refractivity contribution < 1.29 is 4.74 Å². The first-order valence-corrected chi connectivity index (χ1v) is 7.40. The number of guanidine groups is 1. The van der Waals surface area contributed by atoms with Gasteiger partial charge >= 0.3 is 0 Å². The summed E-state index contributed by atoms with van der Waals surface area (Å²) in [7, 11) is 1.66. The summed E-state index contributed by atoms with van der Waals surface area (Å²) in [6.07, 6.45) is 6.79. The van der Waals surface area contributed by atoms with Crippen LogP contribution in [-0.2, 0) is 0 Å². The zero-order valence-electron chi connectivity index (χ0n) is 12.1. The quantitative estimate of drug-likeness (QED) is 0.655. The standard InChI is InChI=1S/C16H23N3O/c1-20-14-4-2-13(3-5-14)19-15(17)18-11-16-8-6-12(10-16)7-9-16/h2-5,12H,6-11H2,1H3,(H3,17,18,19). The van der Waals surface area contributed by atoms with Gasteiger partial charge in [-0.2, -0.15) is 0 Å². The normalized spacial score (nSPS) is 28.6. The van der Waals surface area contributed by atoms with Crippen molar-refractivity contribution in [2.45, 2.75) is 32.1 Å². The Kier molecular flexibility index (Phi) is 3.55. The molecule has 0 amide bonds. The Hall–Kier alpha value is -1.71. The number of anilines is 1. The minimum Gasteiger partial charge on any atom is -0.497 e. The van der Waals surface area contributed by atoms with Gasteiger partial charge in [0.05, 0.1) is 7.11 Å². The molecule has 2 fully saturated rings. The van der Waals surface area contributed by atoms with E-state index >= 15 is 0 Å². The summed E-state index contributed by atoms with van der Waals surface area (Å²) in [5.74, 6) is 2.31. The maximum absolute atomic E-state index is 5.99. The molecule has 0 saturated heterocycles. The third-order valence-electron chi connectivity index (χ3n) is 4.83. The summed E-state index contributed by atoms with van der Waals surface area (Å²) in [6, 6.07) is 7.71. The maximum Gasteiger partial charge on any atom is 0.193 e. The van der Waals surface area contributed by atoms with Gasteiger partial charge in [0.2, 0.25) is 0 Å². The average Bonchev–Trinajstić information content (AvgIpc) is 3.07. The van der Waals surface area contributed by atoms with E-state index in [1.165, 1.54) is 32.1 Å². The smallest absolute Gasteiger partial charge is 0.193 e. The topological polar surface area (TPSA) is 59.6 Å². The Morgan fingerprint density at radius 1 is 1.35 bits per heavy atom. The molecule has 1 aromatic rings. The number of nitrogens with two attached hydrogens (primary N) is 1. The fourth-order valence-corrected chi connectivity index (χ4v) is 3.65. The van der Waals surface area contributed by atoms with Gasteiger partial charge in [-0.05, 0) is 67.7 Å². The van der Waals surface area contributed by atoms with E-state index in [1.54, 1.807) is 7.11 Å². The minimum absolute atomic E-state index is 0.455. The first-order chi connectivity index (χ1) is 9.69. The molecule has 108 valence electrons. The molecule has 0 aliphatic heterocycles. The maximum atomic E-state index is 5.99. The number of fused-ring (bicyclic) bond motifs is 2. The van der Waals surface area contributed by atoms with Crippen LogP contribution in [0.3, 0.4) is 0 Å². The van der Waals surface area contributed by atoms with Crippen molar-refractivity contribution in [3.63, 3.8) is 0 Å². The predicted octanol–water partition coefficient (Wildman–Crippen LogP) is 3.00. The van der Waals surface area contributed by atoms with Crippen LogP contribution in [0.2, 0.25) is 0 Å². The van der Waals surface area contributed by atoms with E-state index in [0.29, 0.717) is 11.4 Å².